The fourth-order valence-electron chi connectivity index (χ4n) is 1.58. The van der Waals surface area contributed by atoms with Crippen LogP contribution in [0, 0.1) is 5.92 Å². The molecule has 0 atom stereocenters. The van der Waals surface area contributed by atoms with Gasteiger partial charge in [-0.15, -0.1) is 0 Å². The third kappa shape index (κ3) is 1.84. The van der Waals surface area contributed by atoms with Crippen molar-refractivity contribution in [2.45, 2.75) is 20.0 Å². The molecule has 0 fully saturated rings. The van der Waals surface area contributed by atoms with Gasteiger partial charge in [-0.3, -0.25) is 5.01 Å². The summed E-state index contributed by atoms with van der Waals surface area (Å²) in [7, 11) is 0. The van der Waals surface area contributed by atoms with E-state index in [4.69, 9.17) is 0 Å². The first kappa shape index (κ1) is 11.2. The predicted octanol–water partition coefficient (Wildman–Crippen LogP) is 2.20. The quantitative estimate of drug-likeness (QED) is 0.749. The maximum absolute atomic E-state index is 12.8. The summed E-state index contributed by atoms with van der Waals surface area (Å²) in [5.74, 6) is 0.305. The molecule has 1 N–H and O–H groups in total. The number of alkyl halides is 3. The normalized spacial score (nSPS) is 20.6. The van der Waals surface area contributed by atoms with E-state index in [9.17, 15) is 13.2 Å². The van der Waals surface area contributed by atoms with Gasteiger partial charge in [-0.1, -0.05) is 13.8 Å². The number of hydrogen-bond donors (Lipinski definition) is 1. The first-order valence-electron chi connectivity index (χ1n) is 5.01. The van der Waals surface area contributed by atoms with Gasteiger partial charge in [0.15, 0.2) is 0 Å². The number of hydrazine groups is 1. The number of halogens is 3. The van der Waals surface area contributed by atoms with Gasteiger partial charge in [0.25, 0.3) is 0 Å². The molecule has 6 heteroatoms. The van der Waals surface area contributed by atoms with Crippen LogP contribution in [0.3, 0.4) is 0 Å². The summed E-state index contributed by atoms with van der Waals surface area (Å²) < 4.78 is 38.4. The Morgan fingerprint density at radius 3 is 2.69 bits per heavy atom. The number of aliphatic imine (C=N–C) groups is 1. The number of hydrogen-bond acceptors (Lipinski definition) is 3. The van der Waals surface area contributed by atoms with Crippen molar-refractivity contribution >= 4 is 5.71 Å². The molecular formula is C10H12F3N3. The Hall–Kier alpha value is -1.30. The maximum Gasteiger partial charge on any atom is 0.433 e. The Bertz CT molecular complexity index is 391. The fraction of sp³-hybridized carbons (Fsp3) is 0.500. The van der Waals surface area contributed by atoms with Crippen LogP contribution < -0.4 is 5.43 Å². The number of rotatable bonds is 1. The van der Waals surface area contributed by atoms with Crippen LogP contribution in [0.1, 0.15) is 13.8 Å². The lowest BCUT2D eigenvalue weighted by molar-refractivity contribution is -0.111. The lowest BCUT2D eigenvalue weighted by Crippen LogP contribution is -2.39. The highest BCUT2D eigenvalue weighted by Gasteiger charge is 2.42. The minimum atomic E-state index is -4.37. The van der Waals surface area contributed by atoms with Crippen molar-refractivity contribution in [1.29, 1.82) is 0 Å². The third-order valence-corrected chi connectivity index (χ3v) is 2.41. The van der Waals surface area contributed by atoms with Gasteiger partial charge >= 0.3 is 6.18 Å². The lowest BCUT2D eigenvalue weighted by atomic mass is 10.1. The molecule has 0 aromatic heterocycles. The zero-order valence-corrected chi connectivity index (χ0v) is 8.97. The van der Waals surface area contributed by atoms with Crippen molar-refractivity contribution in [3.05, 3.63) is 23.7 Å². The second kappa shape index (κ2) is 3.62. The molecule has 16 heavy (non-hydrogen) atoms. The minimum absolute atomic E-state index is 0.0269. The highest BCUT2D eigenvalue weighted by atomic mass is 19.4. The molecule has 88 valence electrons. The summed E-state index contributed by atoms with van der Waals surface area (Å²) in [6.07, 6.45) is -1.63. The maximum atomic E-state index is 12.8. The van der Waals surface area contributed by atoms with Gasteiger partial charge in [0.05, 0.1) is 0 Å². The standard InChI is InChI=1S/C10H12F3N3/c1-6(2)7-5-8(10(11,12)13)16-9(15-7)3-4-14-16/h3,5-6,14H,4H2,1-2H3. The van der Waals surface area contributed by atoms with Crippen molar-refractivity contribution in [3.63, 3.8) is 0 Å². The van der Waals surface area contributed by atoms with Crippen molar-refractivity contribution in [2.75, 3.05) is 6.54 Å². The zero-order chi connectivity index (χ0) is 11.9. The van der Waals surface area contributed by atoms with Crippen LogP contribution in [-0.4, -0.2) is 23.4 Å². The molecule has 0 saturated heterocycles. The summed E-state index contributed by atoms with van der Waals surface area (Å²) in [6, 6.07) is 0. The molecule has 3 nitrogen and oxygen atoms in total. The Kier molecular flexibility index (Phi) is 2.53. The van der Waals surface area contributed by atoms with E-state index in [1.807, 2.05) is 13.8 Å². The summed E-state index contributed by atoms with van der Waals surface area (Å²) in [5.41, 5.74) is 2.38. The van der Waals surface area contributed by atoms with E-state index in [2.05, 4.69) is 10.4 Å². The summed E-state index contributed by atoms with van der Waals surface area (Å²) >= 11 is 0. The summed E-state index contributed by atoms with van der Waals surface area (Å²) in [5, 5.41) is 0.992. The van der Waals surface area contributed by atoms with Crippen molar-refractivity contribution in [3.8, 4) is 0 Å². The Morgan fingerprint density at radius 2 is 2.12 bits per heavy atom. The predicted molar refractivity (Wildman–Crippen MR) is 54.3 cm³/mol. The first-order valence-corrected chi connectivity index (χ1v) is 5.01. The van der Waals surface area contributed by atoms with Crippen LogP contribution in [0.15, 0.2) is 28.7 Å². The monoisotopic (exact) mass is 231 g/mol. The molecule has 0 bridgehead atoms. The second-order valence-corrected chi connectivity index (χ2v) is 3.98. The van der Waals surface area contributed by atoms with Crippen LogP contribution in [-0.2, 0) is 0 Å². The highest BCUT2D eigenvalue weighted by Crippen LogP contribution is 2.34. The fourth-order valence-corrected chi connectivity index (χ4v) is 1.58. The lowest BCUT2D eigenvalue weighted by Gasteiger charge is -2.28. The van der Waals surface area contributed by atoms with Gasteiger partial charge < -0.3 is 0 Å². The van der Waals surface area contributed by atoms with Crippen molar-refractivity contribution in [2.24, 2.45) is 10.9 Å². The SMILES string of the molecule is CC(C)C1=NC2=CCNN2C(C(F)(F)F)=C1. The van der Waals surface area contributed by atoms with E-state index >= 15 is 0 Å². The topological polar surface area (TPSA) is 27.6 Å². The van der Waals surface area contributed by atoms with E-state index in [0.717, 1.165) is 11.1 Å². The summed E-state index contributed by atoms with van der Waals surface area (Å²) in [4.78, 5) is 4.17. The van der Waals surface area contributed by atoms with E-state index in [0.29, 0.717) is 18.1 Å². The molecular weight excluding hydrogens is 219 g/mol. The van der Waals surface area contributed by atoms with Gasteiger partial charge in [0, 0.05) is 12.3 Å². The Morgan fingerprint density at radius 1 is 1.44 bits per heavy atom. The average Bonchev–Trinajstić information content (AvgIpc) is 2.61. The van der Waals surface area contributed by atoms with Crippen LogP contribution in [0.5, 0.6) is 0 Å². The van der Waals surface area contributed by atoms with E-state index in [-0.39, 0.29) is 5.92 Å². The number of nitrogens with zero attached hydrogens (tertiary/aromatic N) is 2. The molecule has 2 aliphatic heterocycles. The molecule has 0 spiro atoms. The molecule has 0 aromatic rings. The van der Waals surface area contributed by atoms with Gasteiger partial charge in [-0.05, 0) is 18.1 Å². The third-order valence-electron chi connectivity index (χ3n) is 2.41. The van der Waals surface area contributed by atoms with Crippen LogP contribution in [0.4, 0.5) is 13.2 Å². The molecule has 2 aliphatic rings. The smallest absolute Gasteiger partial charge is 0.254 e. The van der Waals surface area contributed by atoms with Crippen LogP contribution in [0.2, 0.25) is 0 Å². The molecule has 0 aliphatic carbocycles. The number of allylic oxidation sites excluding steroid dienone is 2. The van der Waals surface area contributed by atoms with Crippen LogP contribution in [0.25, 0.3) is 0 Å². The van der Waals surface area contributed by atoms with Gasteiger partial charge in [0.1, 0.15) is 11.5 Å². The summed E-state index contributed by atoms with van der Waals surface area (Å²) in [6.45, 7) is 4.02. The Labute approximate surface area is 91.3 Å². The molecule has 0 aromatic carbocycles. The number of fused-ring (bicyclic) bond motifs is 1. The molecule has 0 radical (unpaired) electrons. The van der Waals surface area contributed by atoms with Crippen LogP contribution >= 0.6 is 0 Å². The zero-order valence-electron chi connectivity index (χ0n) is 8.97. The largest absolute Gasteiger partial charge is 0.433 e. The average molecular weight is 231 g/mol. The Balaban J connectivity index is 2.43. The van der Waals surface area contributed by atoms with E-state index in [1.54, 1.807) is 6.08 Å². The minimum Gasteiger partial charge on any atom is -0.254 e. The van der Waals surface area contributed by atoms with E-state index in [1.165, 1.54) is 0 Å². The molecule has 0 saturated carbocycles. The van der Waals surface area contributed by atoms with Crippen molar-refractivity contribution in [1.82, 2.24) is 10.4 Å². The van der Waals surface area contributed by atoms with Gasteiger partial charge in [-0.2, -0.15) is 13.2 Å². The first-order chi connectivity index (χ1) is 7.39. The number of nitrogens with one attached hydrogen (secondary N) is 1. The van der Waals surface area contributed by atoms with Gasteiger partial charge in [-0.25, -0.2) is 10.4 Å². The molecule has 0 unspecified atom stereocenters. The molecule has 0 amide bonds. The highest BCUT2D eigenvalue weighted by molar-refractivity contribution is 5.98. The molecule has 2 heterocycles. The van der Waals surface area contributed by atoms with E-state index < -0.39 is 11.9 Å². The van der Waals surface area contributed by atoms with Gasteiger partial charge in [0.2, 0.25) is 0 Å². The van der Waals surface area contributed by atoms with Crippen molar-refractivity contribution < 1.29 is 13.2 Å². The molecule has 2 rings (SSSR count). The second-order valence-electron chi connectivity index (χ2n) is 3.98.